The lowest BCUT2D eigenvalue weighted by Gasteiger charge is -1.86. The maximum absolute atomic E-state index is 11.0. The second-order valence-corrected chi connectivity index (χ2v) is 0.888. The molecule has 0 aromatic rings. The van der Waals surface area contributed by atoms with Crippen molar-refractivity contribution < 1.29 is 8.96 Å². The Labute approximate surface area is 40.8 Å². The van der Waals surface area contributed by atoms with Crippen molar-refractivity contribution in [3.63, 3.8) is 0 Å². The molecule has 0 aromatic heterocycles. The average Bonchev–Trinajstić information content (AvgIpc) is 1.61. The van der Waals surface area contributed by atoms with Crippen LogP contribution in [0.4, 0.5) is 8.96 Å². The molecule has 0 radical (unpaired) electrons. The molecular formula is C4H5F2N. The van der Waals surface area contributed by atoms with Crippen LogP contribution in [0.2, 0.25) is 0 Å². The summed E-state index contributed by atoms with van der Waals surface area (Å²) in [5.41, 5.74) is 0. The molecule has 0 saturated heterocycles. The molecular weight excluding hydrogens is 100 g/mol. The number of nitrogens with zero attached hydrogens (tertiary/aromatic N) is 1. The normalized spacial score (nSPS) is 8.00. The fourth-order valence-corrected chi connectivity index (χ4v) is 0.139. The number of halogens is 2. The van der Waals surface area contributed by atoms with Crippen molar-refractivity contribution in [2.75, 3.05) is 6.54 Å². The van der Waals surface area contributed by atoms with E-state index in [-0.39, 0.29) is 0 Å². The Morgan fingerprint density at radius 3 is 2.29 bits per heavy atom. The van der Waals surface area contributed by atoms with Gasteiger partial charge in [-0.25, -0.2) is 0 Å². The second kappa shape index (κ2) is 3.57. The highest BCUT2D eigenvalue weighted by Gasteiger charge is 1.89. The van der Waals surface area contributed by atoms with Crippen LogP contribution in [-0.2, 0) is 0 Å². The minimum Gasteiger partial charge on any atom is -0.105 e. The Kier molecular flexibility index (Phi) is 3.25. The molecule has 0 aromatic carbocycles. The van der Waals surface area contributed by atoms with E-state index in [9.17, 15) is 8.96 Å². The zero-order valence-corrected chi connectivity index (χ0v) is 3.91. The third-order valence-electron chi connectivity index (χ3n) is 0.375. The van der Waals surface area contributed by atoms with Gasteiger partial charge in [-0.2, -0.15) is 0 Å². The van der Waals surface area contributed by atoms with Crippen molar-refractivity contribution in [2.45, 2.75) is 6.92 Å². The van der Waals surface area contributed by atoms with Gasteiger partial charge in [-0.05, 0) is 6.92 Å². The predicted molar refractivity (Wildman–Crippen MR) is 22.4 cm³/mol. The number of rotatable bonds is 1. The molecule has 0 fully saturated rings. The molecule has 0 saturated carbocycles. The summed E-state index contributed by atoms with van der Waals surface area (Å²) in [6.45, 7) is 1.06. The molecule has 0 heterocycles. The van der Waals surface area contributed by atoms with Crippen molar-refractivity contribution in [3.8, 4) is 11.8 Å². The lowest BCUT2D eigenvalue weighted by molar-refractivity contribution is -0.140. The molecule has 3 heteroatoms. The minimum absolute atomic E-state index is 0.462. The minimum atomic E-state index is -0.962. The fourth-order valence-electron chi connectivity index (χ4n) is 0.139. The first kappa shape index (κ1) is 6.38. The van der Waals surface area contributed by atoms with E-state index in [1.165, 1.54) is 6.92 Å². The molecule has 0 unspecified atom stereocenters. The molecule has 0 atom stereocenters. The van der Waals surface area contributed by atoms with Gasteiger partial charge in [0.05, 0.1) is 0 Å². The van der Waals surface area contributed by atoms with E-state index < -0.39 is 11.9 Å². The van der Waals surface area contributed by atoms with Gasteiger partial charge in [-0.3, -0.25) is 0 Å². The van der Waals surface area contributed by atoms with Crippen LogP contribution in [0, 0.1) is 11.8 Å². The van der Waals surface area contributed by atoms with Gasteiger partial charge in [-0.15, -0.1) is 14.9 Å². The van der Waals surface area contributed by atoms with Crippen molar-refractivity contribution in [1.29, 1.82) is 0 Å². The first-order chi connectivity index (χ1) is 3.27. The van der Waals surface area contributed by atoms with Crippen LogP contribution in [0.25, 0.3) is 0 Å². The zero-order valence-electron chi connectivity index (χ0n) is 3.91. The van der Waals surface area contributed by atoms with Crippen molar-refractivity contribution >= 4 is 0 Å². The van der Waals surface area contributed by atoms with E-state index in [4.69, 9.17) is 0 Å². The van der Waals surface area contributed by atoms with Crippen molar-refractivity contribution in [1.82, 2.24) is 5.34 Å². The molecule has 0 N–H and O–H groups in total. The van der Waals surface area contributed by atoms with Gasteiger partial charge in [0.1, 0.15) is 6.54 Å². The van der Waals surface area contributed by atoms with Crippen LogP contribution in [-0.4, -0.2) is 11.9 Å². The highest BCUT2D eigenvalue weighted by Crippen LogP contribution is 1.83. The topological polar surface area (TPSA) is 3.24 Å². The molecule has 7 heavy (non-hydrogen) atoms. The average molecular weight is 105 g/mol. The van der Waals surface area contributed by atoms with Crippen molar-refractivity contribution in [3.05, 3.63) is 0 Å². The zero-order chi connectivity index (χ0) is 5.70. The monoisotopic (exact) mass is 105 g/mol. The smallest absolute Gasteiger partial charge is 0.105 e. The summed E-state index contributed by atoms with van der Waals surface area (Å²) in [5.74, 6) is 4.50. The van der Waals surface area contributed by atoms with Gasteiger partial charge in [0.2, 0.25) is 0 Å². The third kappa shape index (κ3) is 5.38. The van der Waals surface area contributed by atoms with E-state index >= 15 is 0 Å². The lowest BCUT2D eigenvalue weighted by atomic mass is 10.6. The number of hydrogen-bond acceptors (Lipinski definition) is 1. The fraction of sp³-hybridized carbons (Fsp3) is 0.500. The van der Waals surface area contributed by atoms with Gasteiger partial charge in [0.25, 0.3) is 0 Å². The highest BCUT2D eigenvalue weighted by molar-refractivity contribution is 4.95. The SMILES string of the molecule is CC#CCN(F)F. The van der Waals surface area contributed by atoms with Gasteiger partial charge in [-0.1, -0.05) is 5.92 Å². The molecule has 0 aliphatic heterocycles. The van der Waals surface area contributed by atoms with Crippen LogP contribution in [0.3, 0.4) is 0 Å². The largest absolute Gasteiger partial charge is 0.123 e. The third-order valence-corrected chi connectivity index (χ3v) is 0.375. The van der Waals surface area contributed by atoms with Crippen molar-refractivity contribution in [2.24, 2.45) is 0 Å². The molecule has 0 amide bonds. The standard InChI is InChI=1S/C4H5F2N/c1-2-3-4-7(5)6/h4H2,1H3. The van der Waals surface area contributed by atoms with E-state index in [2.05, 4.69) is 11.8 Å². The Morgan fingerprint density at radius 1 is 1.57 bits per heavy atom. The molecule has 0 rings (SSSR count). The first-order valence-electron chi connectivity index (χ1n) is 1.76. The quantitative estimate of drug-likeness (QED) is 0.356. The Morgan fingerprint density at radius 2 is 2.14 bits per heavy atom. The molecule has 0 aliphatic rings. The molecule has 0 aliphatic carbocycles. The van der Waals surface area contributed by atoms with Crippen LogP contribution in [0.5, 0.6) is 0 Å². The van der Waals surface area contributed by atoms with Crippen LogP contribution in [0.15, 0.2) is 0 Å². The van der Waals surface area contributed by atoms with Gasteiger partial charge < -0.3 is 0 Å². The summed E-state index contributed by atoms with van der Waals surface area (Å²) < 4.78 is 21.9. The predicted octanol–water partition coefficient (Wildman–Crippen LogP) is 1.08. The summed E-state index contributed by atoms with van der Waals surface area (Å²) in [7, 11) is 0. The molecule has 1 nitrogen and oxygen atoms in total. The highest BCUT2D eigenvalue weighted by atomic mass is 19.4. The van der Waals surface area contributed by atoms with Gasteiger partial charge >= 0.3 is 0 Å². The molecule has 0 spiro atoms. The Hall–Kier alpha value is -0.620. The summed E-state index contributed by atoms with van der Waals surface area (Å²) in [6.07, 6.45) is 0. The van der Waals surface area contributed by atoms with Crippen LogP contribution < -0.4 is 0 Å². The molecule has 0 bridgehead atoms. The summed E-state index contributed by atoms with van der Waals surface area (Å²) in [4.78, 5) is 0. The summed E-state index contributed by atoms with van der Waals surface area (Å²) in [6, 6.07) is 0. The van der Waals surface area contributed by atoms with E-state index in [1.807, 2.05) is 0 Å². The lowest BCUT2D eigenvalue weighted by Crippen LogP contribution is -1.98. The van der Waals surface area contributed by atoms with E-state index in [0.717, 1.165) is 0 Å². The molecule has 40 valence electrons. The summed E-state index contributed by atoms with van der Waals surface area (Å²) in [5, 5.41) is -0.962. The van der Waals surface area contributed by atoms with Crippen LogP contribution >= 0.6 is 0 Å². The Bertz CT molecular complexity index is 89.6. The summed E-state index contributed by atoms with van der Waals surface area (Å²) >= 11 is 0. The van der Waals surface area contributed by atoms with E-state index in [1.54, 1.807) is 0 Å². The maximum Gasteiger partial charge on any atom is 0.123 e. The number of hydrogen-bond donors (Lipinski definition) is 0. The maximum atomic E-state index is 11.0. The van der Waals surface area contributed by atoms with Gasteiger partial charge in [0.15, 0.2) is 0 Å². The van der Waals surface area contributed by atoms with Crippen LogP contribution in [0.1, 0.15) is 6.92 Å². The first-order valence-corrected chi connectivity index (χ1v) is 1.76. The van der Waals surface area contributed by atoms with Gasteiger partial charge in [0, 0.05) is 5.34 Å². The Balaban J connectivity index is 3.08. The second-order valence-electron chi connectivity index (χ2n) is 0.888. The van der Waals surface area contributed by atoms with E-state index in [0.29, 0.717) is 0 Å².